The van der Waals surface area contributed by atoms with Crippen LogP contribution < -0.4 is 0 Å². The van der Waals surface area contributed by atoms with Crippen LogP contribution in [0.3, 0.4) is 0 Å². The molecule has 0 saturated carbocycles. The van der Waals surface area contributed by atoms with E-state index in [4.69, 9.17) is 61.6 Å². The van der Waals surface area contributed by atoms with E-state index in [2.05, 4.69) is 64.2 Å². The Hall–Kier alpha value is -1.72. The first kappa shape index (κ1) is 51.7. The molecule has 9 fully saturated rings. The Balaban J connectivity index is 0.694. The number of aliphatic hydroxyl groups is 4. The molecule has 9 saturated heterocycles. The summed E-state index contributed by atoms with van der Waals surface area (Å²) in [6, 6.07) is 0. The summed E-state index contributed by atoms with van der Waals surface area (Å²) in [4.78, 5) is 0. The average Bonchev–Trinajstić information content (AvgIpc) is 3.48. The minimum absolute atomic E-state index is 0.0195. The van der Waals surface area contributed by atoms with Gasteiger partial charge in [0.25, 0.3) is 0 Å². The number of hydrogen-bond acceptors (Lipinski definition) is 17. The van der Waals surface area contributed by atoms with E-state index < -0.39 is 72.6 Å². The van der Waals surface area contributed by atoms with Crippen molar-refractivity contribution in [2.75, 3.05) is 19.8 Å². The van der Waals surface area contributed by atoms with Crippen LogP contribution >= 0.6 is 0 Å². The van der Waals surface area contributed by atoms with E-state index in [-0.39, 0.29) is 134 Å². The molecule has 0 aromatic rings. The average molecular weight is 1040 g/mol. The fraction of sp³-hybridized carbons (Fsp3) is 0.860. The highest BCUT2D eigenvalue weighted by Crippen LogP contribution is 2.52. The molecule has 74 heavy (non-hydrogen) atoms. The number of rotatable bonds is 0. The van der Waals surface area contributed by atoms with E-state index in [1.54, 1.807) is 0 Å². The third-order valence-electron chi connectivity index (χ3n) is 20.0. The Morgan fingerprint density at radius 3 is 1.97 bits per heavy atom. The van der Waals surface area contributed by atoms with Crippen molar-refractivity contribution in [1.29, 1.82) is 0 Å². The molecule has 0 aliphatic carbocycles. The van der Waals surface area contributed by atoms with E-state index in [1.807, 2.05) is 19.1 Å². The summed E-state index contributed by atoms with van der Waals surface area (Å²) in [5.74, 6) is -3.08. The molecule has 2 unspecified atom stereocenters. The zero-order chi connectivity index (χ0) is 50.8. The summed E-state index contributed by atoms with van der Waals surface area (Å²) in [7, 11) is 0. The lowest BCUT2D eigenvalue weighted by atomic mass is 9.75. The molecular formula is C57H82O17. The van der Waals surface area contributed by atoms with Gasteiger partial charge in [0.1, 0.15) is 42.7 Å². The minimum Gasteiger partial charge on any atom is -0.391 e. The van der Waals surface area contributed by atoms with Crippen molar-refractivity contribution in [3.8, 4) is 0 Å². The van der Waals surface area contributed by atoms with Gasteiger partial charge in [-0.2, -0.15) is 0 Å². The highest BCUT2D eigenvalue weighted by molar-refractivity contribution is 5.15. The molecule has 1 spiro atoms. The molecule has 13 heterocycles. The fourth-order valence-corrected chi connectivity index (χ4v) is 15.6. The molecule has 17 heteroatoms. The summed E-state index contributed by atoms with van der Waals surface area (Å²) >= 11 is 0. The van der Waals surface area contributed by atoms with Crippen LogP contribution in [0.2, 0.25) is 0 Å². The van der Waals surface area contributed by atoms with E-state index >= 15 is 0 Å². The van der Waals surface area contributed by atoms with Crippen molar-refractivity contribution in [2.24, 2.45) is 35.5 Å². The molecular weight excluding hydrogens is 957 g/mol. The monoisotopic (exact) mass is 1040 g/mol. The van der Waals surface area contributed by atoms with Gasteiger partial charge in [-0.25, -0.2) is 0 Å². The van der Waals surface area contributed by atoms with Gasteiger partial charge in [-0.05, 0) is 50.4 Å². The molecule has 0 aromatic carbocycles. The molecule has 0 amide bonds. The van der Waals surface area contributed by atoms with Gasteiger partial charge in [0, 0.05) is 49.4 Å². The van der Waals surface area contributed by atoms with Crippen LogP contribution in [0.5, 0.6) is 0 Å². The largest absolute Gasteiger partial charge is 0.391 e. The first-order valence-corrected chi connectivity index (χ1v) is 28.6. The van der Waals surface area contributed by atoms with Crippen molar-refractivity contribution in [1.82, 2.24) is 0 Å². The topological polar surface area (TPSA) is 201 Å². The Morgan fingerprint density at radius 2 is 1.14 bits per heavy atom. The predicted octanol–water partition coefficient (Wildman–Crippen LogP) is 4.14. The van der Waals surface area contributed by atoms with Crippen LogP contribution in [0, 0.1) is 35.5 Å². The normalized spacial score (nSPS) is 58.9. The van der Waals surface area contributed by atoms with Crippen molar-refractivity contribution < 1.29 is 82.0 Å². The maximum absolute atomic E-state index is 12.9. The number of aliphatic hydroxyl groups excluding tert-OH is 3. The van der Waals surface area contributed by atoms with Gasteiger partial charge in [0.05, 0.1) is 117 Å². The van der Waals surface area contributed by atoms with Crippen LogP contribution in [0.25, 0.3) is 0 Å². The highest BCUT2D eigenvalue weighted by atomic mass is 16.7. The smallest absolute Gasteiger partial charge is 0.174 e. The third kappa shape index (κ3) is 9.32. The molecule has 31 atom stereocenters. The summed E-state index contributed by atoms with van der Waals surface area (Å²) in [5.41, 5.74) is 0. The zero-order valence-electron chi connectivity index (χ0n) is 43.7. The molecule has 13 aliphatic heterocycles. The predicted molar refractivity (Wildman–Crippen MR) is 262 cm³/mol. The van der Waals surface area contributed by atoms with E-state index in [0.29, 0.717) is 58.0 Å². The van der Waals surface area contributed by atoms with Crippen molar-refractivity contribution in [3.63, 3.8) is 0 Å². The van der Waals surface area contributed by atoms with E-state index in [1.165, 1.54) is 0 Å². The minimum atomic E-state index is -1.52. The van der Waals surface area contributed by atoms with Gasteiger partial charge in [-0.3, -0.25) is 0 Å². The molecule has 4 N–H and O–H groups in total. The number of ether oxygens (including phenoxy) is 13. The van der Waals surface area contributed by atoms with Gasteiger partial charge in [-0.1, -0.05) is 83.2 Å². The van der Waals surface area contributed by atoms with Crippen LogP contribution in [-0.4, -0.2) is 192 Å². The third-order valence-corrected chi connectivity index (χ3v) is 20.0. The zero-order valence-corrected chi connectivity index (χ0v) is 43.7. The van der Waals surface area contributed by atoms with E-state index in [0.717, 1.165) is 6.42 Å². The maximum Gasteiger partial charge on any atom is 0.174 e. The highest BCUT2D eigenvalue weighted by Gasteiger charge is 2.62. The molecule has 0 radical (unpaired) electrons. The summed E-state index contributed by atoms with van der Waals surface area (Å²) < 4.78 is 88.2. The lowest BCUT2D eigenvalue weighted by molar-refractivity contribution is -0.342. The lowest BCUT2D eigenvalue weighted by Crippen LogP contribution is -2.63. The van der Waals surface area contributed by atoms with Crippen molar-refractivity contribution >= 4 is 0 Å². The lowest BCUT2D eigenvalue weighted by Gasteiger charge is -2.52. The van der Waals surface area contributed by atoms with Gasteiger partial charge in [0.2, 0.25) is 0 Å². The van der Waals surface area contributed by atoms with Crippen molar-refractivity contribution in [3.05, 3.63) is 48.6 Å². The second-order valence-corrected chi connectivity index (χ2v) is 24.9. The second-order valence-electron chi connectivity index (χ2n) is 24.9. The Morgan fingerprint density at radius 1 is 0.446 bits per heavy atom. The first-order chi connectivity index (χ1) is 35.7. The molecule has 0 bridgehead atoms. The molecule has 0 aromatic heterocycles. The standard InChI is InChI=1S/C57H82O17/c1-27-18-40-43(22-45-51(71-40)30(4)48(59)55-52(72-45)29(3)31(5)57(74-55)23-33(58)26-64-57)68-41-20-32-25-63-34-12-8-10-28(2)50-38(67-47(34)24-56(32,61)73-44(41)19-27)14-9-13-35-36(69-50)15-16-37-42(65-35)21-46-54(70-37)49(60)53-39(66-46)11-6-7-17-62-53/h6-10,14-16,27-55,58-61H,11-13,17-26H2,1-5H3/b10-8-,14-9-/t27-,28-,29+,30+,31+,32+,33+,34+,35-,36+,37-,38+,39+,40+,41+,42+,43-,44-,45+,46-,47-,48+,49-,50?,51-,52-,53+,54-,55+,56+,57?/m1/s1. The molecule has 17 nitrogen and oxygen atoms in total. The molecule has 412 valence electrons. The fourth-order valence-electron chi connectivity index (χ4n) is 15.6. The van der Waals surface area contributed by atoms with Gasteiger partial charge < -0.3 is 82.0 Å². The Kier molecular flexibility index (Phi) is 14.3. The van der Waals surface area contributed by atoms with Gasteiger partial charge in [-0.15, -0.1) is 0 Å². The quantitative estimate of drug-likeness (QED) is 0.252. The van der Waals surface area contributed by atoms with Crippen LogP contribution in [0.1, 0.15) is 98.8 Å². The number of fused-ring (bicyclic) bond motifs is 11. The van der Waals surface area contributed by atoms with Crippen molar-refractivity contribution in [2.45, 2.75) is 251 Å². The molecule has 13 aliphatic rings. The van der Waals surface area contributed by atoms with Gasteiger partial charge in [0.15, 0.2) is 11.6 Å². The summed E-state index contributed by atoms with van der Waals surface area (Å²) in [6.45, 7) is 11.6. The maximum atomic E-state index is 12.9. The van der Waals surface area contributed by atoms with Crippen LogP contribution in [0.15, 0.2) is 48.6 Å². The second kappa shape index (κ2) is 20.4. The summed E-state index contributed by atoms with van der Waals surface area (Å²) in [6.07, 6.45) is 12.6. The summed E-state index contributed by atoms with van der Waals surface area (Å²) in [5, 5.41) is 46.8. The van der Waals surface area contributed by atoms with Crippen LogP contribution in [-0.2, 0) is 61.6 Å². The number of hydrogen-bond donors (Lipinski definition) is 4. The first-order valence-electron chi connectivity index (χ1n) is 28.6. The Bertz CT molecular complexity index is 2120. The van der Waals surface area contributed by atoms with Crippen LogP contribution in [0.4, 0.5) is 0 Å². The van der Waals surface area contributed by atoms with Gasteiger partial charge >= 0.3 is 0 Å². The SMILES string of the molecule is C[C@@H]1C[C@@H]2O[C@@H]3[C@@H](C)[C@H](O)[C@@H]4OC5(C[C@H](O)CO5)[C@@H](C)[C@H](C)[C@H]4O[C@H]3C[C@H]2O[C@H]2C[C@H]3CO[C@H]4C/C=C\[C@@H](C)C5O[C@H]6C=C[C@H]7O[C@H]8[C@H](O)[C@H]9OCC=CC[C@@H]9O[C@@H]8C[C@@H]7O[C@@H]6C/C=C\[C@@H]5O[C@@H]4C[C@]3(O)O[C@@H]2C1. The van der Waals surface area contributed by atoms with E-state index in [9.17, 15) is 20.4 Å². The molecule has 13 rings (SSSR count). The Labute approximate surface area is 435 Å².